The van der Waals surface area contributed by atoms with Gasteiger partial charge in [-0.15, -0.1) is 5.10 Å². The van der Waals surface area contributed by atoms with Crippen LogP contribution in [0.5, 0.6) is 0 Å². The van der Waals surface area contributed by atoms with Gasteiger partial charge in [-0.05, 0) is 10.4 Å². The molecule has 2 aromatic heterocycles. The zero-order chi connectivity index (χ0) is 10.7. The minimum atomic E-state index is -0.122. The molecule has 0 atom stereocenters. The first-order chi connectivity index (χ1) is 7.27. The van der Waals surface area contributed by atoms with Crippen LogP contribution >= 0.6 is 11.7 Å². The van der Waals surface area contributed by atoms with Gasteiger partial charge in [-0.3, -0.25) is 4.79 Å². The lowest BCUT2D eigenvalue weighted by Gasteiger charge is -2.01. The standard InChI is InChI=1S/C6H7N7OS/c1-4(14)5-6(10-15-9-5)7-2-13-3-8-11-12-13/h3H,2H2,1H3,(H,7,10). The average molecular weight is 225 g/mol. The Morgan fingerprint density at radius 1 is 1.60 bits per heavy atom. The molecule has 0 aliphatic rings. The van der Waals surface area contributed by atoms with Crippen molar-refractivity contribution < 1.29 is 4.79 Å². The first kappa shape index (κ1) is 9.65. The maximum atomic E-state index is 11.1. The molecule has 0 aromatic carbocycles. The molecule has 9 heteroatoms. The molecular weight excluding hydrogens is 218 g/mol. The van der Waals surface area contributed by atoms with E-state index in [1.54, 1.807) is 0 Å². The fourth-order valence-electron chi connectivity index (χ4n) is 0.944. The Kier molecular flexibility index (Phi) is 2.63. The Balaban J connectivity index is 2.05. The van der Waals surface area contributed by atoms with Gasteiger partial charge < -0.3 is 5.32 Å². The third-order valence-electron chi connectivity index (χ3n) is 1.62. The highest BCUT2D eigenvalue weighted by atomic mass is 32.1. The number of nitrogens with one attached hydrogen (secondary N) is 1. The van der Waals surface area contributed by atoms with Crippen LogP contribution in [0.3, 0.4) is 0 Å². The monoisotopic (exact) mass is 225 g/mol. The number of carbonyl (C=O) groups is 1. The molecule has 0 aliphatic heterocycles. The van der Waals surface area contributed by atoms with Gasteiger partial charge in [-0.25, -0.2) is 4.68 Å². The van der Waals surface area contributed by atoms with Gasteiger partial charge in [0.05, 0.1) is 11.7 Å². The highest BCUT2D eigenvalue weighted by Gasteiger charge is 2.11. The molecule has 8 nitrogen and oxygen atoms in total. The normalized spacial score (nSPS) is 10.2. The second-order valence-corrected chi connectivity index (χ2v) is 3.23. The molecule has 0 saturated heterocycles. The fourth-order valence-corrected chi connectivity index (χ4v) is 1.51. The van der Waals surface area contributed by atoms with Crippen molar-refractivity contribution in [1.82, 2.24) is 29.0 Å². The topological polar surface area (TPSA) is 98.5 Å². The SMILES string of the molecule is CC(=O)c1nsnc1NCn1cnnn1. The Hall–Kier alpha value is -1.90. The lowest BCUT2D eigenvalue weighted by atomic mass is 10.3. The molecule has 1 N–H and O–H groups in total. The average Bonchev–Trinajstić information content (AvgIpc) is 2.86. The fraction of sp³-hybridized carbons (Fsp3) is 0.333. The number of nitrogens with zero attached hydrogens (tertiary/aromatic N) is 6. The van der Waals surface area contributed by atoms with Crippen LogP contribution in [0.2, 0.25) is 0 Å². The number of carbonyl (C=O) groups excluding carboxylic acids is 1. The molecule has 0 spiro atoms. The quantitative estimate of drug-likeness (QED) is 0.719. The summed E-state index contributed by atoms with van der Waals surface area (Å²) in [6.45, 7) is 1.79. The summed E-state index contributed by atoms with van der Waals surface area (Å²) < 4.78 is 9.30. The summed E-state index contributed by atoms with van der Waals surface area (Å²) in [6.07, 6.45) is 1.46. The van der Waals surface area contributed by atoms with Gasteiger partial charge in [-0.1, -0.05) is 0 Å². The van der Waals surface area contributed by atoms with E-state index in [9.17, 15) is 4.79 Å². The van der Waals surface area contributed by atoms with Crippen molar-refractivity contribution in [3.05, 3.63) is 12.0 Å². The zero-order valence-corrected chi connectivity index (χ0v) is 8.60. The molecule has 0 radical (unpaired) electrons. The van der Waals surface area contributed by atoms with Gasteiger partial charge in [0.2, 0.25) is 0 Å². The van der Waals surface area contributed by atoms with Crippen LogP contribution in [0.15, 0.2) is 6.33 Å². The molecule has 15 heavy (non-hydrogen) atoms. The van der Waals surface area contributed by atoms with Crippen molar-refractivity contribution in [1.29, 1.82) is 0 Å². The van der Waals surface area contributed by atoms with Gasteiger partial charge in [0.15, 0.2) is 17.3 Å². The molecule has 2 aromatic rings. The van der Waals surface area contributed by atoms with Crippen molar-refractivity contribution in [3.63, 3.8) is 0 Å². The third kappa shape index (κ3) is 2.13. The van der Waals surface area contributed by atoms with E-state index in [1.165, 1.54) is 17.9 Å². The summed E-state index contributed by atoms with van der Waals surface area (Å²) in [5, 5.41) is 13.5. The number of Topliss-reactive ketones (excluding diaryl/α,β-unsaturated/α-hetero) is 1. The Morgan fingerprint density at radius 3 is 3.13 bits per heavy atom. The van der Waals surface area contributed by atoms with E-state index in [1.807, 2.05) is 0 Å². The molecule has 0 amide bonds. The maximum Gasteiger partial charge on any atom is 0.183 e. The molecule has 0 fully saturated rings. The number of hydrogen-bond acceptors (Lipinski definition) is 8. The van der Waals surface area contributed by atoms with E-state index >= 15 is 0 Å². The number of tetrazole rings is 1. The summed E-state index contributed by atoms with van der Waals surface area (Å²) in [6, 6.07) is 0. The molecule has 0 aliphatic carbocycles. The van der Waals surface area contributed by atoms with Crippen LogP contribution in [0, 0.1) is 0 Å². The number of aromatic nitrogens is 6. The Morgan fingerprint density at radius 2 is 2.47 bits per heavy atom. The van der Waals surface area contributed by atoms with E-state index in [2.05, 4.69) is 29.6 Å². The van der Waals surface area contributed by atoms with Gasteiger partial charge >= 0.3 is 0 Å². The molecule has 0 saturated carbocycles. The number of ketones is 1. The summed E-state index contributed by atoms with van der Waals surface area (Å²) in [5.74, 6) is 0.339. The van der Waals surface area contributed by atoms with Crippen molar-refractivity contribution in [2.45, 2.75) is 13.6 Å². The second kappa shape index (κ2) is 4.09. The smallest absolute Gasteiger partial charge is 0.183 e. The first-order valence-corrected chi connectivity index (χ1v) is 4.78. The molecule has 78 valence electrons. The van der Waals surface area contributed by atoms with Gasteiger partial charge in [-0.2, -0.15) is 8.75 Å². The second-order valence-electron chi connectivity index (χ2n) is 2.70. The van der Waals surface area contributed by atoms with Gasteiger partial charge in [0, 0.05) is 6.92 Å². The van der Waals surface area contributed by atoms with Crippen LogP contribution in [0.4, 0.5) is 5.82 Å². The number of rotatable bonds is 4. The Bertz CT molecular complexity index is 450. The number of hydrogen-bond donors (Lipinski definition) is 1. The van der Waals surface area contributed by atoms with Crippen LogP contribution < -0.4 is 5.32 Å². The van der Waals surface area contributed by atoms with Gasteiger partial charge in [0.25, 0.3) is 0 Å². The van der Waals surface area contributed by atoms with E-state index < -0.39 is 0 Å². The maximum absolute atomic E-state index is 11.1. The predicted octanol–water partition coefficient (Wildman–Crippen LogP) is -0.203. The lowest BCUT2D eigenvalue weighted by molar-refractivity contribution is 0.101. The van der Waals surface area contributed by atoms with Crippen LogP contribution in [-0.4, -0.2) is 34.7 Å². The molecule has 0 unspecified atom stereocenters. The molecule has 2 heterocycles. The van der Waals surface area contributed by atoms with Crippen molar-refractivity contribution in [2.24, 2.45) is 0 Å². The van der Waals surface area contributed by atoms with Crippen LogP contribution in [-0.2, 0) is 6.67 Å². The minimum Gasteiger partial charge on any atom is -0.348 e. The summed E-state index contributed by atoms with van der Waals surface area (Å²) >= 11 is 0.987. The zero-order valence-electron chi connectivity index (χ0n) is 7.78. The van der Waals surface area contributed by atoms with Crippen LogP contribution in [0.25, 0.3) is 0 Å². The summed E-state index contributed by atoms with van der Waals surface area (Å²) in [5.41, 5.74) is 0.341. The largest absolute Gasteiger partial charge is 0.348 e. The van der Waals surface area contributed by atoms with Crippen molar-refractivity contribution in [2.75, 3.05) is 5.32 Å². The summed E-state index contributed by atoms with van der Waals surface area (Å²) in [4.78, 5) is 11.1. The van der Waals surface area contributed by atoms with E-state index in [4.69, 9.17) is 0 Å². The third-order valence-corrected chi connectivity index (χ3v) is 2.15. The van der Waals surface area contributed by atoms with Crippen molar-refractivity contribution in [3.8, 4) is 0 Å². The minimum absolute atomic E-state index is 0.122. The van der Waals surface area contributed by atoms with E-state index in [-0.39, 0.29) is 5.78 Å². The van der Waals surface area contributed by atoms with Crippen molar-refractivity contribution >= 4 is 23.3 Å². The molecule has 2 rings (SSSR count). The Labute approximate surface area is 88.6 Å². The van der Waals surface area contributed by atoms with Gasteiger partial charge in [0.1, 0.15) is 13.0 Å². The highest BCUT2D eigenvalue weighted by Crippen LogP contribution is 2.12. The van der Waals surface area contributed by atoms with Crippen LogP contribution in [0.1, 0.15) is 17.4 Å². The highest BCUT2D eigenvalue weighted by molar-refractivity contribution is 6.99. The predicted molar refractivity (Wildman–Crippen MR) is 51.4 cm³/mol. The molecule has 0 bridgehead atoms. The van der Waals surface area contributed by atoms with E-state index in [0.717, 1.165) is 11.7 Å². The first-order valence-electron chi connectivity index (χ1n) is 4.05. The lowest BCUT2D eigenvalue weighted by Crippen LogP contribution is -2.11. The number of anilines is 1. The summed E-state index contributed by atoms with van der Waals surface area (Å²) in [7, 11) is 0. The molecular formula is C6H7N7OS. The van der Waals surface area contributed by atoms with E-state index in [0.29, 0.717) is 18.2 Å².